The van der Waals surface area contributed by atoms with E-state index in [1.54, 1.807) is 13.8 Å². The van der Waals surface area contributed by atoms with Crippen molar-refractivity contribution in [3.05, 3.63) is 0 Å². The number of nitrogens with one attached hydrogen (secondary N) is 1. The second-order valence-corrected chi connectivity index (χ2v) is 6.72. The number of amidine groups is 1. The minimum absolute atomic E-state index is 0.0688. The lowest BCUT2D eigenvalue weighted by Crippen LogP contribution is -2.59. The molecule has 0 amide bonds. The average molecular weight is 278 g/mol. The highest BCUT2D eigenvalue weighted by Gasteiger charge is 2.43. The summed E-state index contributed by atoms with van der Waals surface area (Å²) < 4.78 is 28.2. The fourth-order valence-electron chi connectivity index (χ4n) is 2.08. The third-order valence-corrected chi connectivity index (χ3v) is 5.31. The summed E-state index contributed by atoms with van der Waals surface area (Å²) >= 11 is 0. The van der Waals surface area contributed by atoms with Crippen LogP contribution in [0, 0.1) is 0 Å². The second kappa shape index (κ2) is 5.41. The molecule has 18 heavy (non-hydrogen) atoms. The van der Waals surface area contributed by atoms with Gasteiger partial charge in [-0.05, 0) is 26.7 Å². The summed E-state index contributed by atoms with van der Waals surface area (Å²) in [5, 5.41) is 11.8. The fraction of sp³-hybridized carbons (Fsp3) is 0.900. The van der Waals surface area contributed by atoms with Crippen molar-refractivity contribution in [2.75, 3.05) is 7.05 Å². The first-order valence-corrected chi connectivity index (χ1v) is 7.44. The molecule has 0 aromatic heterocycles. The molecule has 7 nitrogen and oxygen atoms in total. The summed E-state index contributed by atoms with van der Waals surface area (Å²) in [4.78, 5) is 0. The highest BCUT2D eigenvalue weighted by Crippen LogP contribution is 2.31. The summed E-state index contributed by atoms with van der Waals surface area (Å²) in [5.74, 6) is -0.0688. The van der Waals surface area contributed by atoms with Crippen LogP contribution in [0.5, 0.6) is 0 Å². The Bertz CT molecular complexity index is 413. The van der Waals surface area contributed by atoms with Crippen LogP contribution in [0.1, 0.15) is 39.5 Å². The maximum Gasteiger partial charge on any atom is 0.280 e. The molecule has 0 bridgehead atoms. The van der Waals surface area contributed by atoms with Crippen LogP contribution < -0.4 is 10.5 Å². The highest BCUT2D eigenvalue weighted by atomic mass is 32.2. The first-order chi connectivity index (χ1) is 8.25. The van der Waals surface area contributed by atoms with Gasteiger partial charge in [-0.2, -0.15) is 17.4 Å². The summed E-state index contributed by atoms with van der Waals surface area (Å²) in [6.45, 7) is 3.56. The maximum atomic E-state index is 12.2. The molecule has 0 heterocycles. The number of oxime groups is 1. The molecule has 4 N–H and O–H groups in total. The first kappa shape index (κ1) is 15.2. The van der Waals surface area contributed by atoms with Crippen LogP contribution in [-0.2, 0) is 10.2 Å². The quantitative estimate of drug-likeness (QED) is 0.289. The monoisotopic (exact) mass is 278 g/mol. The third kappa shape index (κ3) is 2.93. The second-order valence-electron chi connectivity index (χ2n) is 4.99. The Hall–Kier alpha value is -0.860. The summed E-state index contributed by atoms with van der Waals surface area (Å²) in [5.41, 5.74) is 4.70. The number of nitrogens with zero attached hydrogens (tertiary/aromatic N) is 2. The number of rotatable bonds is 5. The van der Waals surface area contributed by atoms with Crippen molar-refractivity contribution in [2.24, 2.45) is 10.9 Å². The molecule has 0 radical (unpaired) electrons. The molecule has 0 aromatic rings. The van der Waals surface area contributed by atoms with Gasteiger partial charge in [-0.25, -0.2) is 0 Å². The molecular formula is C10H22N4O3S. The Balaban J connectivity index is 2.99. The van der Waals surface area contributed by atoms with Gasteiger partial charge in [0.15, 0.2) is 5.84 Å². The normalized spacial score (nSPS) is 20.8. The van der Waals surface area contributed by atoms with Crippen LogP contribution >= 0.6 is 0 Å². The van der Waals surface area contributed by atoms with Gasteiger partial charge in [0.2, 0.25) is 0 Å². The Morgan fingerprint density at radius 3 is 2.33 bits per heavy atom. The molecule has 0 atom stereocenters. The van der Waals surface area contributed by atoms with E-state index in [-0.39, 0.29) is 11.9 Å². The predicted octanol–water partition coefficient (Wildman–Crippen LogP) is 0.220. The predicted molar refractivity (Wildman–Crippen MR) is 69.6 cm³/mol. The van der Waals surface area contributed by atoms with Crippen molar-refractivity contribution in [3.63, 3.8) is 0 Å². The number of nitrogens with two attached hydrogens (primary N) is 1. The van der Waals surface area contributed by atoms with Gasteiger partial charge in [0.05, 0.1) is 5.54 Å². The summed E-state index contributed by atoms with van der Waals surface area (Å²) in [6.07, 6.45) is 2.80. The van der Waals surface area contributed by atoms with Gasteiger partial charge in [0, 0.05) is 13.1 Å². The Labute approximate surface area is 108 Å². The van der Waals surface area contributed by atoms with Crippen molar-refractivity contribution in [3.8, 4) is 0 Å². The summed E-state index contributed by atoms with van der Waals surface area (Å²) in [6, 6.07) is -0.159. The molecule has 106 valence electrons. The molecule has 1 aliphatic carbocycles. The molecule has 1 rings (SSSR count). The van der Waals surface area contributed by atoms with Crippen molar-refractivity contribution in [1.82, 2.24) is 9.03 Å². The minimum atomic E-state index is -3.65. The van der Waals surface area contributed by atoms with E-state index in [0.717, 1.165) is 12.8 Å². The topological polar surface area (TPSA) is 108 Å². The zero-order chi connectivity index (χ0) is 14.0. The number of hydrogen-bond acceptors (Lipinski definition) is 4. The van der Waals surface area contributed by atoms with E-state index in [1.165, 1.54) is 11.4 Å². The molecule has 8 heteroatoms. The lowest BCUT2D eigenvalue weighted by Gasteiger charge is -2.31. The molecule has 1 aliphatic rings. The molecule has 0 spiro atoms. The summed E-state index contributed by atoms with van der Waals surface area (Å²) in [7, 11) is -2.14. The molecule has 0 aliphatic heterocycles. The molecule has 0 saturated heterocycles. The van der Waals surface area contributed by atoms with Gasteiger partial charge >= 0.3 is 0 Å². The van der Waals surface area contributed by atoms with Crippen LogP contribution in [-0.4, -0.2) is 42.4 Å². The third-order valence-electron chi connectivity index (χ3n) is 3.49. The fourth-order valence-corrected chi connectivity index (χ4v) is 3.58. The van der Waals surface area contributed by atoms with E-state index in [9.17, 15) is 8.42 Å². The standard InChI is InChI=1S/C10H22N4O3S/c1-8(2)14(3)18(16,17)13-10(9(11)12-15)6-4-5-7-10/h8,13,15H,4-7H2,1-3H3,(H2,11,12). The van der Waals surface area contributed by atoms with Crippen LogP contribution in [0.2, 0.25) is 0 Å². The van der Waals surface area contributed by atoms with Crippen molar-refractivity contribution < 1.29 is 13.6 Å². The van der Waals surface area contributed by atoms with E-state index in [2.05, 4.69) is 9.88 Å². The van der Waals surface area contributed by atoms with Crippen LogP contribution in [0.15, 0.2) is 5.16 Å². The lowest BCUT2D eigenvalue weighted by atomic mass is 9.98. The number of hydrogen-bond donors (Lipinski definition) is 3. The zero-order valence-corrected chi connectivity index (χ0v) is 11.9. The van der Waals surface area contributed by atoms with E-state index in [0.29, 0.717) is 12.8 Å². The van der Waals surface area contributed by atoms with Crippen molar-refractivity contribution in [2.45, 2.75) is 51.1 Å². The van der Waals surface area contributed by atoms with Crippen LogP contribution in [0.25, 0.3) is 0 Å². The Morgan fingerprint density at radius 2 is 1.94 bits per heavy atom. The zero-order valence-electron chi connectivity index (χ0n) is 11.0. The van der Waals surface area contributed by atoms with Gasteiger partial charge in [0.25, 0.3) is 10.2 Å². The van der Waals surface area contributed by atoms with Gasteiger partial charge in [-0.3, -0.25) is 0 Å². The minimum Gasteiger partial charge on any atom is -0.409 e. The van der Waals surface area contributed by atoms with Crippen LogP contribution in [0.4, 0.5) is 0 Å². The van der Waals surface area contributed by atoms with Gasteiger partial charge in [0.1, 0.15) is 0 Å². The Kier molecular flexibility index (Phi) is 4.57. The van der Waals surface area contributed by atoms with Gasteiger partial charge < -0.3 is 10.9 Å². The highest BCUT2D eigenvalue weighted by molar-refractivity contribution is 7.87. The molecular weight excluding hydrogens is 256 g/mol. The SMILES string of the molecule is CC(C)N(C)S(=O)(=O)NC1(C(N)=NO)CCCC1. The van der Waals surface area contributed by atoms with Crippen molar-refractivity contribution >= 4 is 16.0 Å². The van der Waals surface area contributed by atoms with E-state index < -0.39 is 15.7 Å². The maximum absolute atomic E-state index is 12.2. The van der Waals surface area contributed by atoms with Gasteiger partial charge in [-0.1, -0.05) is 18.0 Å². The smallest absolute Gasteiger partial charge is 0.280 e. The first-order valence-electron chi connectivity index (χ1n) is 6.00. The largest absolute Gasteiger partial charge is 0.409 e. The van der Waals surface area contributed by atoms with Crippen LogP contribution in [0.3, 0.4) is 0 Å². The van der Waals surface area contributed by atoms with E-state index >= 15 is 0 Å². The molecule has 1 saturated carbocycles. The van der Waals surface area contributed by atoms with Gasteiger partial charge in [-0.15, -0.1) is 0 Å². The lowest BCUT2D eigenvalue weighted by molar-refractivity contribution is 0.308. The molecule has 0 unspecified atom stereocenters. The average Bonchev–Trinajstić information content (AvgIpc) is 2.75. The molecule has 0 aromatic carbocycles. The van der Waals surface area contributed by atoms with E-state index in [1.807, 2.05) is 0 Å². The van der Waals surface area contributed by atoms with Crippen molar-refractivity contribution in [1.29, 1.82) is 0 Å². The van der Waals surface area contributed by atoms with E-state index in [4.69, 9.17) is 10.9 Å². The molecule has 1 fully saturated rings. The Morgan fingerprint density at radius 1 is 1.44 bits per heavy atom.